The van der Waals surface area contributed by atoms with Crippen molar-refractivity contribution in [2.75, 3.05) is 13.8 Å². The molecule has 0 amide bonds. The summed E-state index contributed by atoms with van der Waals surface area (Å²) in [6, 6.07) is 5.45. The van der Waals surface area contributed by atoms with Crippen LogP contribution in [-0.2, 0) is 14.8 Å². The van der Waals surface area contributed by atoms with Gasteiger partial charge in [0.2, 0.25) is 0 Å². The van der Waals surface area contributed by atoms with E-state index < -0.39 is 7.52 Å². The molecule has 0 saturated heterocycles. The van der Waals surface area contributed by atoms with Crippen LogP contribution < -0.4 is 9.77 Å². The second kappa shape index (κ2) is 5.62. The van der Waals surface area contributed by atoms with Crippen molar-refractivity contribution in [2.45, 2.75) is 26.2 Å². The van der Waals surface area contributed by atoms with Gasteiger partial charge in [-0.2, -0.15) is 0 Å². The summed E-state index contributed by atoms with van der Waals surface area (Å²) in [5.41, 5.74) is 1.09. The number of rotatable bonds is 4. The minimum atomic E-state index is -3.05. The van der Waals surface area contributed by atoms with Crippen molar-refractivity contribution in [1.29, 1.82) is 0 Å². The third-order valence-corrected chi connectivity index (χ3v) is 3.68. The van der Waals surface area contributed by atoms with Gasteiger partial charge in [-0.15, -0.1) is 5.25 Å². The van der Waals surface area contributed by atoms with Crippen molar-refractivity contribution < 1.29 is 13.9 Å². The van der Waals surface area contributed by atoms with Gasteiger partial charge < -0.3 is 4.52 Å². The van der Waals surface area contributed by atoms with Crippen molar-refractivity contribution in [3.05, 3.63) is 28.8 Å². The van der Waals surface area contributed by atoms with Crippen LogP contribution in [0.4, 0.5) is 0 Å². The van der Waals surface area contributed by atoms with Crippen molar-refractivity contribution in [2.24, 2.45) is 0 Å². The largest absolute Gasteiger partial charge is 0.430 e. The molecule has 1 atom stereocenters. The van der Waals surface area contributed by atoms with Gasteiger partial charge in [-0.1, -0.05) is 38.4 Å². The zero-order valence-corrected chi connectivity index (χ0v) is 12.9. The molecule has 18 heavy (non-hydrogen) atoms. The molecule has 0 aliphatic rings. The molecule has 1 aromatic carbocycles. The van der Waals surface area contributed by atoms with Crippen molar-refractivity contribution in [3.8, 4) is 5.75 Å². The third-order valence-electron chi connectivity index (χ3n) is 2.33. The highest BCUT2D eigenvalue weighted by atomic mass is 35.5. The Bertz CT molecular complexity index is 471. The maximum atomic E-state index is 11.9. The van der Waals surface area contributed by atoms with Crippen LogP contribution in [0.3, 0.4) is 0 Å². The highest BCUT2D eigenvalue weighted by molar-refractivity contribution is 7.56. The molecule has 4 nitrogen and oxygen atoms in total. The van der Waals surface area contributed by atoms with Crippen molar-refractivity contribution in [1.82, 2.24) is 5.25 Å². The fraction of sp³-hybridized carbons (Fsp3) is 0.500. The first-order valence-corrected chi connectivity index (χ1v) is 7.98. The normalized spacial score (nSPS) is 15.2. The highest BCUT2D eigenvalue weighted by Gasteiger charge is 2.20. The summed E-state index contributed by atoms with van der Waals surface area (Å²) in [6.45, 7) is 7.70. The van der Waals surface area contributed by atoms with E-state index in [0.717, 1.165) is 5.56 Å². The van der Waals surface area contributed by atoms with E-state index in [1.807, 2.05) is 12.1 Å². The predicted molar refractivity (Wildman–Crippen MR) is 74.5 cm³/mol. The van der Waals surface area contributed by atoms with E-state index in [9.17, 15) is 4.57 Å². The average molecular weight is 292 g/mol. The number of benzene rings is 1. The van der Waals surface area contributed by atoms with E-state index in [1.165, 1.54) is 13.8 Å². The van der Waals surface area contributed by atoms with Gasteiger partial charge in [0.25, 0.3) is 0 Å². The summed E-state index contributed by atoms with van der Waals surface area (Å²) >= 11 is 6.13. The summed E-state index contributed by atoms with van der Waals surface area (Å²) in [6.07, 6.45) is 0. The molecule has 0 aliphatic carbocycles. The van der Waals surface area contributed by atoms with Gasteiger partial charge in [0.15, 0.2) is 0 Å². The van der Waals surface area contributed by atoms with Gasteiger partial charge in [0.05, 0.1) is 12.1 Å². The molecule has 0 aliphatic heterocycles. The topological polar surface area (TPSA) is 47.6 Å². The molecule has 1 rings (SSSR count). The van der Waals surface area contributed by atoms with Gasteiger partial charge in [-0.25, -0.2) is 0 Å². The van der Waals surface area contributed by atoms with Gasteiger partial charge >= 0.3 is 7.52 Å². The van der Waals surface area contributed by atoms with Crippen LogP contribution in [-0.4, -0.2) is 13.8 Å². The summed E-state index contributed by atoms with van der Waals surface area (Å²) in [5, 5.41) is 2.75. The van der Waals surface area contributed by atoms with Crippen LogP contribution >= 0.6 is 19.1 Å². The lowest BCUT2D eigenvalue weighted by molar-refractivity contribution is 0.143. The van der Waals surface area contributed by atoms with Gasteiger partial charge in [0, 0.05) is 6.66 Å². The van der Waals surface area contributed by atoms with Crippen LogP contribution in [0.1, 0.15) is 26.3 Å². The molecule has 0 spiro atoms. The maximum Gasteiger partial charge on any atom is 0.336 e. The molecule has 0 aromatic heterocycles. The Morgan fingerprint density at radius 1 is 1.33 bits per heavy atom. The zero-order valence-electron chi connectivity index (χ0n) is 11.3. The standard InChI is InChI=1S/C12H19ClNO3P/c1-12(2,3)9-6-7-11(10(13)8-9)17-18(5,15)14-16-4/h6-8H,1-5H3,(H,14,15). The fourth-order valence-electron chi connectivity index (χ4n) is 1.41. The predicted octanol–water partition coefficient (Wildman–Crippen LogP) is 3.99. The lowest BCUT2D eigenvalue weighted by Crippen LogP contribution is -2.13. The molecule has 0 saturated carbocycles. The first-order chi connectivity index (χ1) is 8.15. The van der Waals surface area contributed by atoms with E-state index in [1.54, 1.807) is 6.07 Å². The first-order valence-electron chi connectivity index (χ1n) is 5.53. The highest BCUT2D eigenvalue weighted by Crippen LogP contribution is 2.42. The Balaban J connectivity index is 2.97. The Morgan fingerprint density at radius 3 is 2.39 bits per heavy atom. The van der Waals surface area contributed by atoms with Crippen LogP contribution in [0.2, 0.25) is 5.02 Å². The quantitative estimate of drug-likeness (QED) is 0.673. The Kier molecular flexibility index (Phi) is 4.84. The summed E-state index contributed by atoms with van der Waals surface area (Å²) in [5.74, 6) is 0.375. The molecular weight excluding hydrogens is 273 g/mol. The smallest absolute Gasteiger partial charge is 0.336 e. The van der Waals surface area contributed by atoms with E-state index in [4.69, 9.17) is 16.1 Å². The SMILES string of the molecule is CONP(C)(=O)Oc1ccc(C(C)(C)C)cc1Cl. The molecule has 102 valence electrons. The number of nitrogens with one attached hydrogen (secondary N) is 1. The van der Waals surface area contributed by atoms with E-state index in [-0.39, 0.29) is 5.41 Å². The number of hydrogen-bond acceptors (Lipinski definition) is 3. The van der Waals surface area contributed by atoms with Crippen LogP contribution in [0.25, 0.3) is 0 Å². The summed E-state index contributed by atoms with van der Waals surface area (Å²) in [7, 11) is -1.68. The first kappa shape index (κ1) is 15.5. The second-order valence-corrected chi connectivity index (χ2v) is 7.59. The lowest BCUT2D eigenvalue weighted by Gasteiger charge is -2.21. The fourth-order valence-corrected chi connectivity index (χ4v) is 2.59. The number of halogens is 1. The molecule has 1 unspecified atom stereocenters. The minimum Gasteiger partial charge on any atom is -0.430 e. The Morgan fingerprint density at radius 2 is 1.94 bits per heavy atom. The Labute approximate surface area is 113 Å². The van der Waals surface area contributed by atoms with Crippen LogP contribution in [0, 0.1) is 0 Å². The summed E-state index contributed by atoms with van der Waals surface area (Å²) < 4.78 is 17.2. The van der Waals surface area contributed by atoms with Crippen LogP contribution in [0.15, 0.2) is 18.2 Å². The van der Waals surface area contributed by atoms with E-state index >= 15 is 0 Å². The van der Waals surface area contributed by atoms with Gasteiger partial charge in [-0.3, -0.25) is 9.40 Å². The Hall–Kier alpha value is -0.540. The van der Waals surface area contributed by atoms with Gasteiger partial charge in [-0.05, 0) is 23.1 Å². The van der Waals surface area contributed by atoms with Crippen molar-refractivity contribution in [3.63, 3.8) is 0 Å². The van der Waals surface area contributed by atoms with Crippen molar-refractivity contribution >= 4 is 19.1 Å². The number of hydrogen-bond donors (Lipinski definition) is 1. The van der Waals surface area contributed by atoms with E-state index in [0.29, 0.717) is 10.8 Å². The molecule has 0 heterocycles. The van der Waals surface area contributed by atoms with Crippen LogP contribution in [0.5, 0.6) is 5.75 Å². The minimum absolute atomic E-state index is 0.00284. The zero-order chi connectivity index (χ0) is 14.0. The molecular formula is C12H19ClNO3P. The summed E-state index contributed by atoms with van der Waals surface area (Å²) in [4.78, 5) is 4.62. The maximum absolute atomic E-state index is 11.9. The second-order valence-electron chi connectivity index (χ2n) is 5.13. The third kappa shape index (κ3) is 4.29. The molecule has 1 N–H and O–H groups in total. The molecule has 0 fully saturated rings. The lowest BCUT2D eigenvalue weighted by atomic mass is 9.87. The molecule has 1 aromatic rings. The monoisotopic (exact) mass is 291 g/mol. The average Bonchev–Trinajstić information content (AvgIpc) is 2.19. The van der Waals surface area contributed by atoms with Gasteiger partial charge in [0.1, 0.15) is 5.75 Å². The molecule has 0 bridgehead atoms. The van der Waals surface area contributed by atoms with E-state index in [2.05, 4.69) is 30.9 Å². The molecule has 6 heteroatoms. The molecule has 0 radical (unpaired) electrons.